The molecule has 2 aliphatic heterocycles. The number of nitrogens with one attached hydrogen (secondary N) is 2. The Labute approximate surface area is 115 Å². The number of carbonyl (C=O) groups is 2. The molecule has 2 atom stereocenters. The maximum Gasteiger partial charge on any atom is 0.227 e. The average molecular weight is 267 g/mol. The van der Waals surface area contributed by atoms with E-state index in [-0.39, 0.29) is 23.7 Å². The highest BCUT2D eigenvalue weighted by atomic mass is 16.2. The molecule has 0 aromatic carbocycles. The van der Waals surface area contributed by atoms with Crippen LogP contribution in [0.5, 0.6) is 0 Å². The van der Waals surface area contributed by atoms with Gasteiger partial charge in [-0.05, 0) is 32.2 Å². The molecular weight excluding hydrogens is 242 g/mol. The van der Waals surface area contributed by atoms with Crippen LogP contribution in [0.25, 0.3) is 0 Å². The van der Waals surface area contributed by atoms with E-state index in [1.165, 1.54) is 0 Å². The second-order valence-electron chi connectivity index (χ2n) is 5.60. The lowest BCUT2D eigenvalue weighted by Crippen LogP contribution is -2.47. The maximum absolute atomic E-state index is 12.3. The van der Waals surface area contributed by atoms with Gasteiger partial charge in [-0.25, -0.2) is 0 Å². The fraction of sp³-hybridized carbons (Fsp3) is 0.857. The van der Waals surface area contributed by atoms with Crippen molar-refractivity contribution in [1.82, 2.24) is 15.5 Å². The minimum absolute atomic E-state index is 0.0152. The molecule has 2 fully saturated rings. The predicted octanol–water partition coefficient (Wildman–Crippen LogP) is 0.361. The highest BCUT2D eigenvalue weighted by Gasteiger charge is 2.32. The molecule has 2 N–H and O–H groups in total. The second-order valence-corrected chi connectivity index (χ2v) is 5.60. The van der Waals surface area contributed by atoms with E-state index in [2.05, 4.69) is 10.6 Å². The summed E-state index contributed by atoms with van der Waals surface area (Å²) in [5, 5.41) is 6.17. The number of amides is 2. The summed E-state index contributed by atoms with van der Waals surface area (Å²) in [6, 6.07) is 0. The fourth-order valence-corrected chi connectivity index (χ4v) is 2.91. The Bertz CT molecular complexity index is 327. The van der Waals surface area contributed by atoms with Crippen LogP contribution >= 0.6 is 0 Å². The van der Waals surface area contributed by atoms with E-state index in [0.29, 0.717) is 6.54 Å². The molecule has 0 aliphatic carbocycles. The summed E-state index contributed by atoms with van der Waals surface area (Å²) in [7, 11) is 0. The molecule has 2 rings (SSSR count). The summed E-state index contributed by atoms with van der Waals surface area (Å²) in [6.45, 7) is 5.92. The lowest BCUT2D eigenvalue weighted by atomic mass is 9.95. The fourth-order valence-electron chi connectivity index (χ4n) is 2.91. The van der Waals surface area contributed by atoms with E-state index < -0.39 is 0 Å². The summed E-state index contributed by atoms with van der Waals surface area (Å²) < 4.78 is 0. The lowest BCUT2D eigenvalue weighted by molar-refractivity contribution is -0.138. The van der Waals surface area contributed by atoms with E-state index >= 15 is 0 Å². The van der Waals surface area contributed by atoms with Gasteiger partial charge in [0.25, 0.3) is 0 Å². The monoisotopic (exact) mass is 267 g/mol. The highest BCUT2D eigenvalue weighted by molar-refractivity contribution is 5.82. The summed E-state index contributed by atoms with van der Waals surface area (Å²) >= 11 is 0. The summed E-state index contributed by atoms with van der Waals surface area (Å²) in [5.41, 5.74) is 0. The number of nitrogens with zero attached hydrogens (tertiary/aromatic N) is 1. The van der Waals surface area contributed by atoms with E-state index in [1.807, 2.05) is 11.8 Å². The molecule has 2 heterocycles. The molecule has 5 heteroatoms. The SMILES string of the molecule is CCCNC(=O)C1CCCN(C(=O)C2CCNC2)C1. The van der Waals surface area contributed by atoms with E-state index in [9.17, 15) is 9.59 Å². The first-order valence-electron chi connectivity index (χ1n) is 7.49. The van der Waals surface area contributed by atoms with Crippen molar-refractivity contribution in [3.63, 3.8) is 0 Å². The van der Waals surface area contributed by atoms with Gasteiger partial charge in [-0.2, -0.15) is 0 Å². The minimum atomic E-state index is -0.0152. The smallest absolute Gasteiger partial charge is 0.227 e. The van der Waals surface area contributed by atoms with Crippen LogP contribution in [0, 0.1) is 11.8 Å². The van der Waals surface area contributed by atoms with Gasteiger partial charge in [0.05, 0.1) is 11.8 Å². The zero-order valence-corrected chi connectivity index (χ0v) is 11.8. The molecule has 0 bridgehead atoms. The van der Waals surface area contributed by atoms with Crippen molar-refractivity contribution in [2.24, 2.45) is 11.8 Å². The topological polar surface area (TPSA) is 61.4 Å². The van der Waals surface area contributed by atoms with Crippen LogP contribution in [0.3, 0.4) is 0 Å². The van der Waals surface area contributed by atoms with Crippen molar-refractivity contribution in [2.75, 3.05) is 32.7 Å². The van der Waals surface area contributed by atoms with Crippen LogP contribution in [0.1, 0.15) is 32.6 Å². The first-order chi connectivity index (χ1) is 9.22. The van der Waals surface area contributed by atoms with Crippen molar-refractivity contribution in [2.45, 2.75) is 32.6 Å². The number of carbonyl (C=O) groups excluding carboxylic acids is 2. The third kappa shape index (κ3) is 3.69. The molecule has 2 unspecified atom stereocenters. The summed E-state index contributed by atoms with van der Waals surface area (Å²) in [6.07, 6.45) is 3.73. The third-order valence-electron chi connectivity index (χ3n) is 4.06. The Balaban J connectivity index is 1.85. The van der Waals surface area contributed by atoms with Gasteiger partial charge >= 0.3 is 0 Å². The van der Waals surface area contributed by atoms with Crippen LogP contribution in [0.15, 0.2) is 0 Å². The number of hydrogen-bond donors (Lipinski definition) is 2. The zero-order valence-electron chi connectivity index (χ0n) is 11.8. The Morgan fingerprint density at radius 1 is 1.32 bits per heavy atom. The quantitative estimate of drug-likeness (QED) is 0.773. The van der Waals surface area contributed by atoms with Gasteiger partial charge in [-0.3, -0.25) is 9.59 Å². The zero-order chi connectivity index (χ0) is 13.7. The van der Waals surface area contributed by atoms with Crippen molar-refractivity contribution in [3.8, 4) is 0 Å². The Hall–Kier alpha value is -1.10. The molecule has 108 valence electrons. The molecule has 2 aliphatic rings. The molecule has 2 amide bonds. The molecule has 0 aromatic heterocycles. The van der Waals surface area contributed by atoms with Gasteiger partial charge in [0.1, 0.15) is 0 Å². The largest absolute Gasteiger partial charge is 0.356 e. The van der Waals surface area contributed by atoms with Gasteiger partial charge in [0, 0.05) is 26.2 Å². The standard InChI is InChI=1S/C14H25N3O2/c1-2-6-16-13(18)12-4-3-8-17(10-12)14(19)11-5-7-15-9-11/h11-12,15H,2-10H2,1H3,(H,16,18). The number of rotatable bonds is 4. The molecule has 0 saturated carbocycles. The van der Waals surface area contributed by atoms with Crippen LogP contribution in [0.4, 0.5) is 0 Å². The van der Waals surface area contributed by atoms with Crippen LogP contribution in [0.2, 0.25) is 0 Å². The molecular formula is C14H25N3O2. The van der Waals surface area contributed by atoms with Crippen molar-refractivity contribution >= 4 is 11.8 Å². The van der Waals surface area contributed by atoms with Crippen LogP contribution in [-0.2, 0) is 9.59 Å². The highest BCUT2D eigenvalue weighted by Crippen LogP contribution is 2.20. The van der Waals surface area contributed by atoms with Crippen LogP contribution < -0.4 is 10.6 Å². The van der Waals surface area contributed by atoms with Crippen molar-refractivity contribution < 1.29 is 9.59 Å². The predicted molar refractivity (Wildman–Crippen MR) is 73.6 cm³/mol. The summed E-state index contributed by atoms with van der Waals surface area (Å²) in [5.74, 6) is 0.456. The average Bonchev–Trinajstić information content (AvgIpc) is 2.98. The molecule has 0 radical (unpaired) electrons. The molecule has 0 aromatic rings. The molecule has 0 spiro atoms. The molecule has 19 heavy (non-hydrogen) atoms. The number of piperidine rings is 1. The number of likely N-dealkylation sites (tertiary alicyclic amines) is 1. The number of hydrogen-bond acceptors (Lipinski definition) is 3. The van der Waals surface area contributed by atoms with Gasteiger partial charge in [-0.15, -0.1) is 0 Å². The van der Waals surface area contributed by atoms with Gasteiger partial charge in [-0.1, -0.05) is 6.92 Å². The first-order valence-corrected chi connectivity index (χ1v) is 7.49. The van der Waals surface area contributed by atoms with Gasteiger partial charge in [0.2, 0.25) is 11.8 Å². The summed E-state index contributed by atoms with van der Waals surface area (Å²) in [4.78, 5) is 26.2. The van der Waals surface area contributed by atoms with Gasteiger partial charge in [0.15, 0.2) is 0 Å². The van der Waals surface area contributed by atoms with Crippen molar-refractivity contribution in [1.29, 1.82) is 0 Å². The molecule has 5 nitrogen and oxygen atoms in total. The Morgan fingerprint density at radius 3 is 2.84 bits per heavy atom. The van der Waals surface area contributed by atoms with E-state index in [1.54, 1.807) is 0 Å². The van der Waals surface area contributed by atoms with Crippen LogP contribution in [-0.4, -0.2) is 49.4 Å². The van der Waals surface area contributed by atoms with Gasteiger partial charge < -0.3 is 15.5 Å². The minimum Gasteiger partial charge on any atom is -0.356 e. The van der Waals surface area contributed by atoms with E-state index in [4.69, 9.17) is 0 Å². The van der Waals surface area contributed by atoms with E-state index in [0.717, 1.165) is 51.9 Å². The normalized spacial score (nSPS) is 27.3. The molecule has 2 saturated heterocycles. The Kier molecular flexibility index (Phi) is 5.19. The first kappa shape index (κ1) is 14.3. The third-order valence-corrected chi connectivity index (χ3v) is 4.06. The lowest BCUT2D eigenvalue weighted by Gasteiger charge is -2.33. The Morgan fingerprint density at radius 2 is 2.16 bits per heavy atom. The van der Waals surface area contributed by atoms with Crippen molar-refractivity contribution in [3.05, 3.63) is 0 Å². The second kappa shape index (κ2) is 6.89. The maximum atomic E-state index is 12.3.